The Morgan fingerprint density at radius 2 is 1.95 bits per heavy atom. The van der Waals surface area contributed by atoms with Gasteiger partial charge in [0.25, 0.3) is 0 Å². The van der Waals surface area contributed by atoms with Crippen molar-refractivity contribution in [3.8, 4) is 0 Å². The molecule has 0 saturated carbocycles. The van der Waals surface area contributed by atoms with Crippen LogP contribution in [-0.4, -0.2) is 29.9 Å². The molecular formula is C15H22O4. The summed E-state index contributed by atoms with van der Waals surface area (Å²) in [4.78, 5) is 10.8. The lowest BCUT2D eigenvalue weighted by atomic mass is 10.1. The third-order valence-corrected chi connectivity index (χ3v) is 2.61. The van der Waals surface area contributed by atoms with Crippen molar-refractivity contribution in [3.05, 3.63) is 34.9 Å². The molecule has 0 heterocycles. The highest BCUT2D eigenvalue weighted by Crippen LogP contribution is 2.12. The number of hydrogen-bond donors (Lipinski definition) is 1. The van der Waals surface area contributed by atoms with Gasteiger partial charge in [-0.15, -0.1) is 0 Å². The van der Waals surface area contributed by atoms with Gasteiger partial charge in [0.1, 0.15) is 0 Å². The van der Waals surface area contributed by atoms with E-state index in [9.17, 15) is 4.79 Å². The first-order valence-corrected chi connectivity index (χ1v) is 6.34. The molecule has 4 heteroatoms. The van der Waals surface area contributed by atoms with Crippen LogP contribution in [-0.2, 0) is 16.1 Å². The molecule has 0 amide bonds. The average molecular weight is 266 g/mol. The molecule has 1 rings (SSSR count). The number of rotatable bonds is 6. The van der Waals surface area contributed by atoms with Crippen LogP contribution in [0.2, 0.25) is 0 Å². The molecule has 4 nitrogen and oxygen atoms in total. The first kappa shape index (κ1) is 15.7. The average Bonchev–Trinajstić information content (AvgIpc) is 2.28. The molecule has 0 saturated heterocycles. The van der Waals surface area contributed by atoms with Gasteiger partial charge >= 0.3 is 5.97 Å². The smallest absolute Gasteiger partial charge is 0.335 e. The molecule has 0 radical (unpaired) electrons. The summed E-state index contributed by atoms with van der Waals surface area (Å²) in [5.41, 5.74) is 2.08. The Balaban J connectivity index is 2.40. The van der Waals surface area contributed by atoms with Crippen LogP contribution in [0.5, 0.6) is 0 Å². The Morgan fingerprint density at radius 3 is 2.47 bits per heavy atom. The van der Waals surface area contributed by atoms with Crippen LogP contribution in [0.1, 0.15) is 42.3 Å². The maximum absolute atomic E-state index is 10.8. The van der Waals surface area contributed by atoms with E-state index in [-0.39, 0.29) is 5.60 Å². The standard InChI is InChI=1S/C15H22O4/c1-11-9-12(14(16)17)5-6-13(11)10-18-7-8-19-15(2,3)4/h5-6,9H,7-8,10H2,1-4H3,(H,16,17). The van der Waals surface area contributed by atoms with Gasteiger partial charge in [-0.25, -0.2) is 4.79 Å². The lowest BCUT2D eigenvalue weighted by Crippen LogP contribution is -2.21. The zero-order valence-electron chi connectivity index (χ0n) is 12.0. The summed E-state index contributed by atoms with van der Waals surface area (Å²) in [5, 5.41) is 8.87. The second-order valence-electron chi connectivity index (χ2n) is 5.46. The second-order valence-corrected chi connectivity index (χ2v) is 5.46. The SMILES string of the molecule is Cc1cc(C(=O)O)ccc1COCCOC(C)(C)C. The molecule has 0 unspecified atom stereocenters. The van der Waals surface area contributed by atoms with E-state index in [1.54, 1.807) is 18.2 Å². The molecule has 1 aromatic rings. The quantitative estimate of drug-likeness (QED) is 0.804. The van der Waals surface area contributed by atoms with Crippen LogP contribution in [0.15, 0.2) is 18.2 Å². The molecule has 0 atom stereocenters. The second kappa shape index (κ2) is 6.68. The van der Waals surface area contributed by atoms with E-state index >= 15 is 0 Å². The zero-order chi connectivity index (χ0) is 14.5. The van der Waals surface area contributed by atoms with Crippen LogP contribution in [0.4, 0.5) is 0 Å². The van der Waals surface area contributed by atoms with E-state index < -0.39 is 5.97 Å². The largest absolute Gasteiger partial charge is 0.478 e. The number of carboxylic acid groups (broad SMARTS) is 1. The number of benzene rings is 1. The fourth-order valence-corrected chi connectivity index (χ4v) is 1.58. The molecule has 106 valence electrons. The Kier molecular flexibility index (Phi) is 5.51. The van der Waals surface area contributed by atoms with Crippen molar-refractivity contribution >= 4 is 5.97 Å². The fraction of sp³-hybridized carbons (Fsp3) is 0.533. The number of carboxylic acids is 1. The van der Waals surface area contributed by atoms with E-state index in [2.05, 4.69) is 0 Å². The van der Waals surface area contributed by atoms with Crippen molar-refractivity contribution in [1.29, 1.82) is 0 Å². The van der Waals surface area contributed by atoms with Crippen molar-refractivity contribution in [2.45, 2.75) is 39.9 Å². The van der Waals surface area contributed by atoms with Crippen LogP contribution in [0, 0.1) is 6.92 Å². The number of aromatic carboxylic acids is 1. The summed E-state index contributed by atoms with van der Waals surface area (Å²) in [6, 6.07) is 5.05. The molecule has 1 aromatic carbocycles. The Morgan fingerprint density at radius 1 is 1.26 bits per heavy atom. The summed E-state index contributed by atoms with van der Waals surface area (Å²) >= 11 is 0. The summed E-state index contributed by atoms with van der Waals surface area (Å²) in [5.74, 6) is -0.908. The molecule has 0 fully saturated rings. The first-order valence-electron chi connectivity index (χ1n) is 6.34. The van der Waals surface area contributed by atoms with Crippen molar-refractivity contribution in [2.24, 2.45) is 0 Å². The number of hydrogen-bond acceptors (Lipinski definition) is 3. The van der Waals surface area contributed by atoms with Crippen LogP contribution >= 0.6 is 0 Å². The first-order chi connectivity index (χ1) is 8.79. The lowest BCUT2D eigenvalue weighted by molar-refractivity contribution is -0.0377. The van der Waals surface area contributed by atoms with Crippen LogP contribution in [0.25, 0.3) is 0 Å². The summed E-state index contributed by atoms with van der Waals surface area (Å²) in [6.07, 6.45) is 0. The normalized spacial score (nSPS) is 11.6. The van der Waals surface area contributed by atoms with Crippen molar-refractivity contribution < 1.29 is 19.4 Å². The maximum atomic E-state index is 10.8. The summed E-state index contributed by atoms with van der Waals surface area (Å²) in [7, 11) is 0. The van der Waals surface area contributed by atoms with Gasteiger partial charge < -0.3 is 14.6 Å². The number of carbonyl (C=O) groups is 1. The van der Waals surface area contributed by atoms with Crippen molar-refractivity contribution in [3.63, 3.8) is 0 Å². The maximum Gasteiger partial charge on any atom is 0.335 e. The Hall–Kier alpha value is -1.39. The highest BCUT2D eigenvalue weighted by Gasteiger charge is 2.09. The molecule has 19 heavy (non-hydrogen) atoms. The molecule has 0 spiro atoms. The molecule has 0 aromatic heterocycles. The minimum absolute atomic E-state index is 0.150. The number of aryl methyl sites for hydroxylation is 1. The minimum Gasteiger partial charge on any atom is -0.478 e. The zero-order valence-corrected chi connectivity index (χ0v) is 12.0. The van der Waals surface area contributed by atoms with Gasteiger partial charge in [-0.3, -0.25) is 0 Å². The predicted octanol–water partition coefficient (Wildman–Crippen LogP) is 3.02. The van der Waals surface area contributed by atoms with Gasteiger partial charge in [0.15, 0.2) is 0 Å². The van der Waals surface area contributed by atoms with E-state index in [4.69, 9.17) is 14.6 Å². The number of ether oxygens (including phenoxy) is 2. The minimum atomic E-state index is -0.908. The Labute approximate surface area is 114 Å². The van der Waals surface area contributed by atoms with Crippen molar-refractivity contribution in [1.82, 2.24) is 0 Å². The van der Waals surface area contributed by atoms with E-state index in [0.29, 0.717) is 25.4 Å². The van der Waals surface area contributed by atoms with E-state index in [0.717, 1.165) is 11.1 Å². The molecule has 0 aliphatic carbocycles. The van der Waals surface area contributed by atoms with Gasteiger partial charge in [-0.1, -0.05) is 6.07 Å². The highest BCUT2D eigenvalue weighted by molar-refractivity contribution is 5.87. The predicted molar refractivity (Wildman–Crippen MR) is 73.5 cm³/mol. The molecular weight excluding hydrogens is 244 g/mol. The summed E-state index contributed by atoms with van der Waals surface area (Å²) in [6.45, 7) is 9.44. The summed E-state index contributed by atoms with van der Waals surface area (Å²) < 4.78 is 11.1. The molecule has 0 aliphatic heterocycles. The van der Waals surface area contributed by atoms with Crippen LogP contribution < -0.4 is 0 Å². The van der Waals surface area contributed by atoms with Gasteiger partial charge in [0.05, 0.1) is 31.0 Å². The molecule has 0 aliphatic rings. The fourth-order valence-electron chi connectivity index (χ4n) is 1.58. The van der Waals surface area contributed by atoms with Gasteiger partial charge in [-0.05, 0) is 51.0 Å². The van der Waals surface area contributed by atoms with Crippen LogP contribution in [0.3, 0.4) is 0 Å². The topological polar surface area (TPSA) is 55.8 Å². The Bertz CT molecular complexity index is 432. The molecule has 1 N–H and O–H groups in total. The third kappa shape index (κ3) is 5.85. The lowest BCUT2D eigenvalue weighted by Gasteiger charge is -2.19. The van der Waals surface area contributed by atoms with Gasteiger partial charge in [-0.2, -0.15) is 0 Å². The van der Waals surface area contributed by atoms with Gasteiger partial charge in [0, 0.05) is 0 Å². The van der Waals surface area contributed by atoms with E-state index in [1.165, 1.54) is 0 Å². The van der Waals surface area contributed by atoms with E-state index in [1.807, 2.05) is 27.7 Å². The monoisotopic (exact) mass is 266 g/mol. The molecule has 0 bridgehead atoms. The third-order valence-electron chi connectivity index (χ3n) is 2.61. The van der Waals surface area contributed by atoms with Crippen molar-refractivity contribution in [2.75, 3.05) is 13.2 Å². The highest BCUT2D eigenvalue weighted by atomic mass is 16.5. The van der Waals surface area contributed by atoms with Gasteiger partial charge in [0.2, 0.25) is 0 Å².